The average molecular weight is 646 g/mol. The monoisotopic (exact) mass is 644 g/mol. The largest absolute Gasteiger partial charge is 0.496 e. The van der Waals surface area contributed by atoms with E-state index in [1.807, 2.05) is 37.3 Å². The molecular formula is C29H33BrN4O6S. The van der Waals surface area contributed by atoms with Gasteiger partial charge in [-0.25, -0.2) is 8.42 Å². The Bertz CT molecular complexity index is 1600. The summed E-state index contributed by atoms with van der Waals surface area (Å²) in [6, 6.07) is 14.6. The second-order valence-electron chi connectivity index (χ2n) is 9.94. The van der Waals surface area contributed by atoms with Crippen molar-refractivity contribution in [1.82, 2.24) is 10.6 Å². The summed E-state index contributed by atoms with van der Waals surface area (Å²) in [6.45, 7) is 3.92. The van der Waals surface area contributed by atoms with Crippen LogP contribution in [-0.2, 0) is 30.8 Å². The molecule has 0 aliphatic carbocycles. The lowest BCUT2D eigenvalue weighted by atomic mass is 10.0. The van der Waals surface area contributed by atoms with E-state index in [2.05, 4.69) is 26.6 Å². The Morgan fingerprint density at radius 3 is 2.49 bits per heavy atom. The van der Waals surface area contributed by atoms with E-state index in [1.54, 1.807) is 38.3 Å². The van der Waals surface area contributed by atoms with Gasteiger partial charge in [0.15, 0.2) is 9.84 Å². The quantitative estimate of drug-likeness (QED) is 0.367. The third kappa shape index (κ3) is 6.88. The zero-order valence-corrected chi connectivity index (χ0v) is 25.7. The number of amides is 3. The van der Waals surface area contributed by atoms with Crippen LogP contribution < -0.4 is 25.2 Å². The first kappa shape index (κ1) is 30.5. The van der Waals surface area contributed by atoms with Gasteiger partial charge in [-0.1, -0.05) is 47.1 Å². The summed E-state index contributed by atoms with van der Waals surface area (Å²) < 4.78 is 30.7. The minimum atomic E-state index is -3.67. The van der Waals surface area contributed by atoms with Crippen molar-refractivity contribution in [2.45, 2.75) is 32.5 Å². The van der Waals surface area contributed by atoms with Crippen molar-refractivity contribution in [3.8, 4) is 5.75 Å². The molecule has 4 rings (SSSR count). The summed E-state index contributed by atoms with van der Waals surface area (Å²) in [7, 11) is -2.11. The van der Waals surface area contributed by atoms with E-state index < -0.39 is 45.4 Å². The number of likely N-dealkylation sites (N-methyl/N-ethyl adjacent to an activating group) is 1. The van der Waals surface area contributed by atoms with Crippen LogP contribution in [0.5, 0.6) is 5.75 Å². The Hall–Kier alpha value is -3.48. The predicted octanol–water partition coefficient (Wildman–Crippen LogP) is 3.02. The Morgan fingerprint density at radius 2 is 1.83 bits per heavy atom. The van der Waals surface area contributed by atoms with Gasteiger partial charge in [-0.15, -0.1) is 0 Å². The summed E-state index contributed by atoms with van der Waals surface area (Å²) in [4.78, 5) is 43.4. The Kier molecular flexibility index (Phi) is 9.35. The maximum Gasteiger partial charge on any atom is 0.251 e. The fraction of sp³-hybridized carbons (Fsp3) is 0.345. The number of sulfone groups is 1. The summed E-state index contributed by atoms with van der Waals surface area (Å²) in [5.41, 5.74) is 1.52. The van der Waals surface area contributed by atoms with E-state index in [0.717, 1.165) is 27.1 Å². The number of nitrogens with one attached hydrogen (secondary N) is 2. The average Bonchev–Trinajstić information content (AvgIpc) is 3.03. The molecule has 2 unspecified atom stereocenters. The first-order valence-electron chi connectivity index (χ1n) is 13.1. The molecule has 0 radical (unpaired) electrons. The van der Waals surface area contributed by atoms with Crippen LogP contribution in [-0.4, -0.2) is 70.4 Å². The van der Waals surface area contributed by atoms with E-state index in [4.69, 9.17) is 4.74 Å². The summed E-state index contributed by atoms with van der Waals surface area (Å²) in [6.07, 6.45) is 0.981. The molecule has 41 heavy (non-hydrogen) atoms. The molecule has 218 valence electrons. The van der Waals surface area contributed by atoms with E-state index in [1.165, 1.54) is 9.80 Å². The van der Waals surface area contributed by atoms with E-state index in [9.17, 15) is 22.8 Å². The minimum absolute atomic E-state index is 0.0707. The predicted molar refractivity (Wildman–Crippen MR) is 163 cm³/mol. The number of rotatable bonds is 9. The van der Waals surface area contributed by atoms with Gasteiger partial charge >= 0.3 is 0 Å². The third-order valence-electron chi connectivity index (χ3n) is 6.89. The molecule has 3 aromatic carbocycles. The second-order valence-corrected chi connectivity index (χ2v) is 13.0. The molecule has 0 fully saturated rings. The second kappa shape index (κ2) is 12.6. The van der Waals surface area contributed by atoms with Crippen molar-refractivity contribution in [3.05, 3.63) is 64.6 Å². The van der Waals surface area contributed by atoms with Crippen molar-refractivity contribution in [2.75, 3.05) is 42.0 Å². The standard InChI is InChI=1S/C29H33BrN4O6S/c1-5-31-18(2)28(36)32-23-16-33(27(35)17-41(4,38)39)24-8-6-7-9-25(24)34(29(23)37)15-22-21-12-11-20(30)14-19(21)10-13-26(22)40-3/h6-14,18,23,31H,5,15-17H2,1-4H3,(H,32,36). The van der Waals surface area contributed by atoms with E-state index >= 15 is 0 Å². The van der Waals surface area contributed by atoms with Gasteiger partial charge in [-0.05, 0) is 54.6 Å². The number of halogens is 1. The molecule has 2 atom stereocenters. The molecule has 0 aromatic heterocycles. The molecule has 0 saturated heterocycles. The number of hydrogen-bond acceptors (Lipinski definition) is 7. The molecule has 0 spiro atoms. The Balaban J connectivity index is 1.86. The number of carbonyl (C=O) groups is 3. The molecule has 0 saturated carbocycles. The number of nitrogens with zero attached hydrogens (tertiary/aromatic N) is 2. The smallest absolute Gasteiger partial charge is 0.251 e. The number of hydrogen-bond donors (Lipinski definition) is 2. The van der Waals surface area contributed by atoms with Gasteiger partial charge in [0.1, 0.15) is 17.5 Å². The van der Waals surface area contributed by atoms with Crippen molar-refractivity contribution >= 4 is 65.6 Å². The lowest BCUT2D eigenvalue weighted by molar-refractivity contribution is -0.128. The number of methoxy groups -OCH3 is 1. The highest BCUT2D eigenvalue weighted by Crippen LogP contribution is 2.37. The van der Waals surface area contributed by atoms with Crippen molar-refractivity contribution in [1.29, 1.82) is 0 Å². The molecule has 10 nitrogen and oxygen atoms in total. The highest BCUT2D eigenvalue weighted by Gasteiger charge is 2.38. The number of fused-ring (bicyclic) bond motifs is 2. The zero-order valence-electron chi connectivity index (χ0n) is 23.3. The molecule has 1 aliphatic heterocycles. The maximum atomic E-state index is 14.3. The Morgan fingerprint density at radius 1 is 1.12 bits per heavy atom. The number of anilines is 2. The highest BCUT2D eigenvalue weighted by atomic mass is 79.9. The van der Waals surface area contributed by atoms with Gasteiger partial charge in [0, 0.05) is 16.3 Å². The lowest BCUT2D eigenvalue weighted by Gasteiger charge is -2.27. The van der Waals surface area contributed by atoms with Gasteiger partial charge in [0.2, 0.25) is 11.8 Å². The molecule has 12 heteroatoms. The van der Waals surface area contributed by atoms with Crippen LogP contribution in [0.25, 0.3) is 10.8 Å². The molecule has 3 amide bonds. The van der Waals surface area contributed by atoms with E-state index in [0.29, 0.717) is 23.7 Å². The number of carbonyl (C=O) groups excluding carboxylic acids is 3. The molecule has 2 N–H and O–H groups in total. The first-order valence-corrected chi connectivity index (χ1v) is 16.0. The minimum Gasteiger partial charge on any atom is -0.496 e. The maximum absolute atomic E-state index is 14.3. The highest BCUT2D eigenvalue weighted by molar-refractivity contribution is 9.10. The topological polar surface area (TPSA) is 125 Å². The number of ether oxygens (including phenoxy) is 1. The first-order chi connectivity index (χ1) is 19.4. The van der Waals surface area contributed by atoms with Gasteiger partial charge in [0.25, 0.3) is 5.91 Å². The molecule has 1 heterocycles. The summed E-state index contributed by atoms with van der Waals surface area (Å²) in [5.74, 6) is -1.72. The third-order valence-corrected chi connectivity index (χ3v) is 8.15. The fourth-order valence-electron chi connectivity index (χ4n) is 4.95. The number of para-hydroxylation sites is 2. The summed E-state index contributed by atoms with van der Waals surface area (Å²) in [5, 5.41) is 7.61. The van der Waals surface area contributed by atoms with Crippen LogP contribution in [0.15, 0.2) is 59.1 Å². The van der Waals surface area contributed by atoms with Gasteiger partial charge in [-0.3, -0.25) is 14.4 Å². The lowest BCUT2D eigenvalue weighted by Crippen LogP contribution is -2.56. The molecule has 3 aromatic rings. The molecule has 1 aliphatic rings. The SMILES string of the molecule is CCNC(C)C(=O)NC1CN(C(=O)CS(C)(=O)=O)c2ccccc2N(Cc2c(OC)ccc3cc(Br)ccc23)C1=O. The normalized spacial score (nSPS) is 16.2. The molecular weight excluding hydrogens is 612 g/mol. The number of benzene rings is 3. The van der Waals surface area contributed by atoms with Crippen LogP contribution in [0, 0.1) is 0 Å². The van der Waals surface area contributed by atoms with Crippen LogP contribution in [0.3, 0.4) is 0 Å². The van der Waals surface area contributed by atoms with E-state index in [-0.39, 0.29) is 13.1 Å². The Labute approximate surface area is 248 Å². The van der Waals surface area contributed by atoms with Crippen LogP contribution in [0.4, 0.5) is 11.4 Å². The van der Waals surface area contributed by atoms with Crippen LogP contribution in [0.2, 0.25) is 0 Å². The zero-order chi connectivity index (χ0) is 29.9. The van der Waals surface area contributed by atoms with Gasteiger partial charge in [0.05, 0.1) is 37.6 Å². The van der Waals surface area contributed by atoms with Crippen molar-refractivity contribution < 1.29 is 27.5 Å². The van der Waals surface area contributed by atoms with Gasteiger partial charge in [-0.2, -0.15) is 0 Å². The van der Waals surface area contributed by atoms with Crippen molar-refractivity contribution in [2.24, 2.45) is 0 Å². The summed E-state index contributed by atoms with van der Waals surface area (Å²) >= 11 is 3.51. The molecule has 0 bridgehead atoms. The van der Waals surface area contributed by atoms with Crippen LogP contribution in [0.1, 0.15) is 19.4 Å². The van der Waals surface area contributed by atoms with Gasteiger partial charge < -0.3 is 25.2 Å². The van der Waals surface area contributed by atoms with Crippen LogP contribution >= 0.6 is 15.9 Å². The fourth-order valence-corrected chi connectivity index (χ4v) is 5.93. The van der Waals surface area contributed by atoms with Crippen molar-refractivity contribution in [3.63, 3.8) is 0 Å².